The molecule has 0 saturated carbocycles. The highest BCUT2D eigenvalue weighted by Gasteiger charge is 2.22. The van der Waals surface area contributed by atoms with E-state index >= 15 is 0 Å². The molecule has 0 bridgehead atoms. The van der Waals surface area contributed by atoms with E-state index < -0.39 is 22.0 Å². The van der Waals surface area contributed by atoms with E-state index in [1.54, 1.807) is 50.2 Å². The number of carbonyl (C=O) groups is 1. The van der Waals surface area contributed by atoms with Crippen LogP contribution in [0.3, 0.4) is 0 Å². The summed E-state index contributed by atoms with van der Waals surface area (Å²) in [5.41, 5.74) is 2.09. The minimum atomic E-state index is -3.56. The molecule has 2 rings (SSSR count). The highest BCUT2D eigenvalue weighted by atomic mass is 32.2. The van der Waals surface area contributed by atoms with Gasteiger partial charge in [-0.05, 0) is 55.7 Å². The molecule has 2 aromatic carbocycles. The highest BCUT2D eigenvalue weighted by Crippen LogP contribution is 2.19. The van der Waals surface area contributed by atoms with Crippen molar-refractivity contribution in [2.45, 2.75) is 26.9 Å². The second-order valence-corrected chi connectivity index (χ2v) is 8.18. The molecular weight excluding hydrogens is 410 g/mol. The van der Waals surface area contributed by atoms with Gasteiger partial charge in [-0.3, -0.25) is 4.79 Å². The van der Waals surface area contributed by atoms with Crippen molar-refractivity contribution in [3.63, 3.8) is 0 Å². The van der Waals surface area contributed by atoms with Gasteiger partial charge in [-0.25, -0.2) is 0 Å². The number of oxime groups is 1. The molecule has 0 spiro atoms. The van der Waals surface area contributed by atoms with Crippen LogP contribution in [0.1, 0.15) is 25.0 Å². The number of carboxylic acid groups (broad SMARTS) is 1. The lowest BCUT2D eigenvalue weighted by atomic mass is 9.95. The minimum absolute atomic E-state index is 0.238. The molecule has 2 aromatic rings. The quantitative estimate of drug-likeness (QED) is 0.327. The van der Waals surface area contributed by atoms with E-state index in [4.69, 9.17) is 13.8 Å². The molecular formula is C21H25NO7S. The molecule has 0 heterocycles. The first kappa shape index (κ1) is 23.2. The van der Waals surface area contributed by atoms with Crippen LogP contribution < -0.4 is 8.92 Å². The van der Waals surface area contributed by atoms with E-state index in [9.17, 15) is 18.3 Å². The number of hydrogen-bond donors (Lipinski definition) is 1. The van der Waals surface area contributed by atoms with Crippen LogP contribution in [-0.2, 0) is 32.8 Å². The van der Waals surface area contributed by atoms with Crippen LogP contribution in [0.25, 0.3) is 0 Å². The predicted octanol–water partition coefficient (Wildman–Crippen LogP) is 3.26. The Hall–Kier alpha value is -3.07. The summed E-state index contributed by atoms with van der Waals surface area (Å²) in [5.74, 6) is -0.862. The van der Waals surface area contributed by atoms with Crippen molar-refractivity contribution >= 4 is 21.8 Å². The third-order valence-electron chi connectivity index (χ3n) is 4.08. The first-order chi connectivity index (χ1) is 14.2. The number of hydrogen-bond acceptors (Lipinski definition) is 7. The third kappa shape index (κ3) is 7.75. The van der Waals surface area contributed by atoms with Gasteiger partial charge in [0.05, 0.1) is 12.0 Å². The van der Waals surface area contributed by atoms with Crippen LogP contribution in [-0.4, -0.2) is 38.1 Å². The zero-order chi connectivity index (χ0) is 22.1. The average molecular weight is 435 g/mol. The molecule has 1 N–H and O–H groups in total. The van der Waals surface area contributed by atoms with E-state index in [1.807, 2.05) is 12.1 Å². The summed E-state index contributed by atoms with van der Waals surface area (Å²) in [5, 5.41) is 13.3. The van der Waals surface area contributed by atoms with Crippen molar-refractivity contribution in [2.75, 3.05) is 12.9 Å². The van der Waals surface area contributed by atoms with Crippen LogP contribution in [0.5, 0.6) is 11.5 Å². The molecule has 8 nitrogen and oxygen atoms in total. The monoisotopic (exact) mass is 435 g/mol. The van der Waals surface area contributed by atoms with Gasteiger partial charge in [-0.15, -0.1) is 0 Å². The van der Waals surface area contributed by atoms with Gasteiger partial charge in [0, 0.05) is 0 Å². The number of benzene rings is 2. The Morgan fingerprint density at radius 2 is 1.60 bits per heavy atom. The molecule has 0 aliphatic carbocycles. The summed E-state index contributed by atoms with van der Waals surface area (Å²) in [7, 11) is -3.56. The summed E-state index contributed by atoms with van der Waals surface area (Å²) < 4.78 is 32.8. The lowest BCUT2D eigenvalue weighted by Crippen LogP contribution is -2.24. The Labute approximate surface area is 176 Å². The number of aliphatic carboxylic acids is 1. The molecule has 1 unspecified atom stereocenters. The molecule has 0 aliphatic heterocycles. The van der Waals surface area contributed by atoms with Crippen molar-refractivity contribution in [3.05, 3.63) is 59.7 Å². The topological polar surface area (TPSA) is 111 Å². The van der Waals surface area contributed by atoms with Gasteiger partial charge in [0.2, 0.25) is 0 Å². The van der Waals surface area contributed by atoms with Crippen molar-refractivity contribution in [1.82, 2.24) is 0 Å². The van der Waals surface area contributed by atoms with Crippen molar-refractivity contribution in [2.24, 2.45) is 11.1 Å². The fourth-order valence-corrected chi connectivity index (χ4v) is 3.04. The molecule has 162 valence electrons. The van der Waals surface area contributed by atoms with Crippen molar-refractivity contribution in [3.8, 4) is 11.5 Å². The summed E-state index contributed by atoms with van der Waals surface area (Å²) in [4.78, 5) is 16.5. The Morgan fingerprint density at radius 1 is 1.03 bits per heavy atom. The Kier molecular flexibility index (Phi) is 8.23. The van der Waals surface area contributed by atoms with Gasteiger partial charge in [-0.2, -0.15) is 8.42 Å². The van der Waals surface area contributed by atoms with Crippen molar-refractivity contribution in [1.29, 1.82) is 0 Å². The van der Waals surface area contributed by atoms with Crippen LogP contribution in [0.4, 0.5) is 0 Å². The lowest BCUT2D eigenvalue weighted by Gasteiger charge is -2.13. The van der Waals surface area contributed by atoms with E-state index in [0.717, 1.165) is 17.4 Å². The maximum absolute atomic E-state index is 11.5. The van der Waals surface area contributed by atoms with Gasteiger partial charge in [0.25, 0.3) is 0 Å². The molecule has 1 atom stereocenters. The van der Waals surface area contributed by atoms with Gasteiger partial charge < -0.3 is 18.9 Å². The number of rotatable bonds is 11. The smallest absolute Gasteiger partial charge is 0.312 e. The molecule has 30 heavy (non-hydrogen) atoms. The van der Waals surface area contributed by atoms with Crippen LogP contribution in [0.2, 0.25) is 0 Å². The number of nitrogens with zero attached hydrogens (tertiary/aromatic N) is 1. The minimum Gasteiger partial charge on any atom is -0.489 e. The molecule has 0 fully saturated rings. The van der Waals surface area contributed by atoms with Gasteiger partial charge in [0.15, 0.2) is 0 Å². The number of ether oxygens (including phenoxy) is 1. The Bertz CT molecular complexity index is 967. The first-order valence-electron chi connectivity index (χ1n) is 9.27. The summed E-state index contributed by atoms with van der Waals surface area (Å²) in [6.07, 6.45) is 1.28. The first-order valence-corrected chi connectivity index (χ1v) is 11.1. The summed E-state index contributed by atoms with van der Waals surface area (Å²) >= 11 is 0. The van der Waals surface area contributed by atoms with Crippen LogP contribution in [0, 0.1) is 5.92 Å². The summed E-state index contributed by atoms with van der Waals surface area (Å²) in [6.45, 7) is 4.08. The molecule has 0 aromatic heterocycles. The third-order valence-corrected chi connectivity index (χ3v) is 4.57. The zero-order valence-corrected chi connectivity index (χ0v) is 17.9. The SMILES string of the molecule is CCO/N=C(\C)C(Cc1ccc(OCc2ccc(OS(C)(=O)=O)cc2)cc1)C(=O)O. The van der Waals surface area contributed by atoms with Gasteiger partial charge in [-0.1, -0.05) is 29.4 Å². The van der Waals surface area contributed by atoms with Crippen LogP contribution >= 0.6 is 0 Å². The van der Waals surface area contributed by atoms with Gasteiger partial charge >= 0.3 is 16.1 Å². The highest BCUT2D eigenvalue weighted by molar-refractivity contribution is 7.86. The van der Waals surface area contributed by atoms with Crippen LogP contribution in [0.15, 0.2) is 53.7 Å². The maximum Gasteiger partial charge on any atom is 0.312 e. The molecule has 9 heteroatoms. The Morgan fingerprint density at radius 3 is 2.13 bits per heavy atom. The average Bonchev–Trinajstić information content (AvgIpc) is 2.69. The van der Waals surface area contributed by atoms with Gasteiger partial charge in [0.1, 0.15) is 30.6 Å². The summed E-state index contributed by atoms with van der Waals surface area (Å²) in [6, 6.07) is 13.7. The maximum atomic E-state index is 11.5. The molecule has 0 saturated heterocycles. The standard InChI is InChI=1S/C21H25NO7S/c1-4-28-22-15(2)20(21(23)24)13-16-5-9-18(10-6-16)27-14-17-7-11-19(12-8-17)29-30(3,25)26/h5-12,20H,4,13-14H2,1-3H3,(H,23,24)/b22-15+. The number of carboxylic acids is 1. The normalized spacial score (nSPS) is 12.8. The van der Waals surface area contributed by atoms with Crippen molar-refractivity contribution < 1.29 is 32.1 Å². The predicted molar refractivity (Wildman–Crippen MR) is 112 cm³/mol. The fraction of sp³-hybridized carbons (Fsp3) is 0.333. The van der Waals surface area contributed by atoms with E-state index in [-0.39, 0.29) is 12.4 Å². The Balaban J connectivity index is 1.94. The van der Waals surface area contributed by atoms with E-state index in [0.29, 0.717) is 24.5 Å². The second kappa shape index (κ2) is 10.6. The molecule has 0 aliphatic rings. The van der Waals surface area contributed by atoms with E-state index in [2.05, 4.69) is 5.16 Å². The van der Waals surface area contributed by atoms with E-state index in [1.165, 1.54) is 0 Å². The molecule has 0 radical (unpaired) electrons. The zero-order valence-electron chi connectivity index (χ0n) is 17.1. The fourth-order valence-electron chi connectivity index (χ4n) is 2.58. The lowest BCUT2D eigenvalue weighted by molar-refractivity contribution is -0.139. The molecule has 0 amide bonds. The second-order valence-electron chi connectivity index (χ2n) is 6.61. The largest absolute Gasteiger partial charge is 0.489 e.